The third-order valence-electron chi connectivity index (χ3n) is 4.48. The minimum atomic E-state index is 0.832. The van der Waals surface area contributed by atoms with Gasteiger partial charge in [0, 0.05) is 54.8 Å². The summed E-state index contributed by atoms with van der Waals surface area (Å²) in [6.07, 6.45) is 3.76. The van der Waals surface area contributed by atoms with Crippen LogP contribution in [0.15, 0.2) is 53.3 Å². The minimum absolute atomic E-state index is 0.832. The molecule has 7 heteroatoms. The van der Waals surface area contributed by atoms with Crippen molar-refractivity contribution in [1.29, 1.82) is 0 Å². The molecule has 0 unspecified atom stereocenters. The number of likely N-dealkylation sites (N-methyl/N-ethyl adjacent to an activating group) is 1. The Morgan fingerprint density at radius 2 is 1.81 bits per heavy atom. The molecule has 2 aromatic heterocycles. The number of nitrogens with one attached hydrogen (secondary N) is 1. The second-order valence-electron chi connectivity index (χ2n) is 6.35. The summed E-state index contributed by atoms with van der Waals surface area (Å²) in [6.45, 7) is 4.28. The summed E-state index contributed by atoms with van der Waals surface area (Å²) in [5.74, 6) is 0.832. The third kappa shape index (κ3) is 4.06. The van der Waals surface area contributed by atoms with E-state index in [9.17, 15) is 0 Å². The summed E-state index contributed by atoms with van der Waals surface area (Å²) in [7, 11) is 2.17. The van der Waals surface area contributed by atoms with Crippen LogP contribution in [-0.4, -0.2) is 48.1 Å². The predicted octanol–water partition coefficient (Wildman–Crippen LogP) is 4.46. The van der Waals surface area contributed by atoms with E-state index < -0.39 is 0 Å². The molecule has 0 spiro atoms. The van der Waals surface area contributed by atoms with E-state index in [-0.39, 0.29) is 0 Å². The lowest BCUT2D eigenvalue weighted by Gasteiger charge is -2.34. The van der Waals surface area contributed by atoms with Crippen molar-refractivity contribution < 1.29 is 0 Å². The van der Waals surface area contributed by atoms with Gasteiger partial charge in [0.2, 0.25) is 0 Å². The topological polar surface area (TPSA) is 44.3 Å². The first-order chi connectivity index (χ1) is 12.7. The Hall–Kier alpha value is -1.96. The molecule has 0 bridgehead atoms. The van der Waals surface area contributed by atoms with Crippen molar-refractivity contribution in [3.63, 3.8) is 0 Å². The van der Waals surface area contributed by atoms with Crippen LogP contribution < -0.4 is 10.2 Å². The van der Waals surface area contributed by atoms with Crippen LogP contribution in [0.5, 0.6) is 0 Å². The fraction of sp³-hybridized carbons (Fsp3) is 0.263. The molecular formula is C19H20BrN5S. The van der Waals surface area contributed by atoms with E-state index in [1.165, 1.54) is 5.69 Å². The van der Waals surface area contributed by atoms with Gasteiger partial charge >= 0.3 is 0 Å². The van der Waals surface area contributed by atoms with Crippen LogP contribution in [0, 0.1) is 0 Å². The van der Waals surface area contributed by atoms with Crippen LogP contribution in [0.2, 0.25) is 0 Å². The molecule has 134 valence electrons. The van der Waals surface area contributed by atoms with Crippen molar-refractivity contribution in [2.75, 3.05) is 43.4 Å². The molecule has 0 saturated carbocycles. The van der Waals surface area contributed by atoms with Gasteiger partial charge in [0.15, 0.2) is 5.13 Å². The van der Waals surface area contributed by atoms with Crippen LogP contribution in [0.3, 0.4) is 0 Å². The van der Waals surface area contributed by atoms with Crippen molar-refractivity contribution in [3.8, 4) is 10.4 Å². The standard InChI is InChI=1S/C19H20BrN5S/c1-24-8-10-25(11-9-24)16-6-7-21-18(12-16)23-19-22-13-17(26-19)14-2-4-15(20)5-3-14/h2-7,12-13H,8-11H2,1H3,(H,21,22,23). The fourth-order valence-electron chi connectivity index (χ4n) is 2.94. The van der Waals surface area contributed by atoms with Gasteiger partial charge in [-0.2, -0.15) is 0 Å². The largest absolute Gasteiger partial charge is 0.369 e. The second-order valence-corrected chi connectivity index (χ2v) is 8.30. The Morgan fingerprint density at radius 3 is 2.58 bits per heavy atom. The molecule has 1 aromatic carbocycles. The first-order valence-corrected chi connectivity index (χ1v) is 10.2. The number of aromatic nitrogens is 2. The highest BCUT2D eigenvalue weighted by molar-refractivity contribution is 9.10. The van der Waals surface area contributed by atoms with Gasteiger partial charge in [-0.25, -0.2) is 9.97 Å². The summed E-state index contributed by atoms with van der Waals surface area (Å²) in [5.41, 5.74) is 2.37. The van der Waals surface area contributed by atoms with E-state index in [0.29, 0.717) is 0 Å². The average molecular weight is 430 g/mol. The van der Waals surface area contributed by atoms with Gasteiger partial charge in [-0.1, -0.05) is 39.4 Å². The van der Waals surface area contributed by atoms with E-state index in [2.05, 4.69) is 72.3 Å². The number of halogens is 1. The Labute approximate surface area is 165 Å². The number of pyridine rings is 1. The number of thiazole rings is 1. The quantitative estimate of drug-likeness (QED) is 0.662. The Kier molecular flexibility index (Phi) is 5.19. The number of hydrogen-bond acceptors (Lipinski definition) is 6. The molecule has 1 aliphatic heterocycles. The number of hydrogen-bond donors (Lipinski definition) is 1. The molecule has 3 aromatic rings. The van der Waals surface area contributed by atoms with E-state index in [4.69, 9.17) is 0 Å². The zero-order valence-corrected chi connectivity index (χ0v) is 16.9. The number of rotatable bonds is 4. The number of benzene rings is 1. The van der Waals surface area contributed by atoms with Gasteiger partial charge < -0.3 is 15.1 Å². The Balaban J connectivity index is 1.48. The van der Waals surface area contributed by atoms with Gasteiger partial charge in [-0.05, 0) is 30.8 Å². The lowest BCUT2D eigenvalue weighted by molar-refractivity contribution is 0.313. The number of nitrogens with zero attached hydrogens (tertiary/aromatic N) is 4. The van der Waals surface area contributed by atoms with E-state index in [1.54, 1.807) is 11.3 Å². The lowest BCUT2D eigenvalue weighted by Crippen LogP contribution is -2.44. The second kappa shape index (κ2) is 7.73. The number of piperazine rings is 1. The average Bonchev–Trinajstić information content (AvgIpc) is 3.11. The molecule has 0 amide bonds. The Morgan fingerprint density at radius 1 is 1.04 bits per heavy atom. The lowest BCUT2D eigenvalue weighted by atomic mass is 10.2. The first kappa shape index (κ1) is 17.5. The van der Waals surface area contributed by atoms with Crippen LogP contribution >= 0.6 is 27.3 Å². The molecule has 1 fully saturated rings. The maximum absolute atomic E-state index is 4.50. The van der Waals surface area contributed by atoms with Crippen LogP contribution in [0.25, 0.3) is 10.4 Å². The molecule has 1 N–H and O–H groups in total. The van der Waals surface area contributed by atoms with Crippen molar-refractivity contribution in [2.45, 2.75) is 0 Å². The van der Waals surface area contributed by atoms with Crippen molar-refractivity contribution in [3.05, 3.63) is 53.3 Å². The molecule has 3 heterocycles. The van der Waals surface area contributed by atoms with Crippen LogP contribution in [-0.2, 0) is 0 Å². The summed E-state index contributed by atoms with van der Waals surface area (Å²) < 4.78 is 1.08. The van der Waals surface area contributed by atoms with Gasteiger partial charge in [-0.3, -0.25) is 0 Å². The molecule has 0 atom stereocenters. The van der Waals surface area contributed by atoms with Crippen molar-refractivity contribution in [2.24, 2.45) is 0 Å². The molecule has 0 aliphatic carbocycles. The summed E-state index contributed by atoms with van der Waals surface area (Å²) >= 11 is 5.10. The van der Waals surface area contributed by atoms with Gasteiger partial charge in [0.05, 0.1) is 4.88 Å². The monoisotopic (exact) mass is 429 g/mol. The third-order valence-corrected chi connectivity index (χ3v) is 5.97. The maximum Gasteiger partial charge on any atom is 0.188 e. The normalized spacial score (nSPS) is 15.2. The molecule has 0 radical (unpaired) electrons. The highest BCUT2D eigenvalue weighted by atomic mass is 79.9. The highest BCUT2D eigenvalue weighted by Crippen LogP contribution is 2.31. The summed E-state index contributed by atoms with van der Waals surface area (Å²) in [5, 5.41) is 4.20. The molecule has 5 nitrogen and oxygen atoms in total. The minimum Gasteiger partial charge on any atom is -0.369 e. The van der Waals surface area contributed by atoms with E-state index >= 15 is 0 Å². The smallest absolute Gasteiger partial charge is 0.188 e. The van der Waals surface area contributed by atoms with Crippen molar-refractivity contribution >= 4 is 43.9 Å². The fourth-order valence-corrected chi connectivity index (χ4v) is 4.03. The molecule has 1 aliphatic rings. The maximum atomic E-state index is 4.50. The highest BCUT2D eigenvalue weighted by Gasteiger charge is 2.15. The predicted molar refractivity (Wildman–Crippen MR) is 112 cm³/mol. The summed E-state index contributed by atoms with van der Waals surface area (Å²) in [4.78, 5) is 14.8. The van der Waals surface area contributed by atoms with Gasteiger partial charge in [0.25, 0.3) is 0 Å². The first-order valence-electron chi connectivity index (χ1n) is 8.56. The van der Waals surface area contributed by atoms with Gasteiger partial charge in [0.1, 0.15) is 5.82 Å². The zero-order valence-electron chi connectivity index (χ0n) is 14.5. The van der Waals surface area contributed by atoms with Gasteiger partial charge in [-0.15, -0.1) is 0 Å². The van der Waals surface area contributed by atoms with Crippen LogP contribution in [0.1, 0.15) is 0 Å². The molecular weight excluding hydrogens is 410 g/mol. The SMILES string of the molecule is CN1CCN(c2ccnc(Nc3ncc(-c4ccc(Br)cc4)s3)c2)CC1. The van der Waals surface area contributed by atoms with E-state index in [0.717, 1.165) is 52.0 Å². The molecule has 4 rings (SSSR count). The van der Waals surface area contributed by atoms with E-state index in [1.807, 2.05) is 24.5 Å². The van der Waals surface area contributed by atoms with Crippen molar-refractivity contribution in [1.82, 2.24) is 14.9 Å². The molecule has 26 heavy (non-hydrogen) atoms. The summed E-state index contributed by atoms with van der Waals surface area (Å²) in [6, 6.07) is 12.4. The number of anilines is 3. The molecule has 1 saturated heterocycles. The van der Waals surface area contributed by atoms with Crippen LogP contribution in [0.4, 0.5) is 16.6 Å². The zero-order chi connectivity index (χ0) is 17.9. The Bertz CT molecular complexity index is 872.